The molecule has 0 aliphatic heterocycles. The lowest BCUT2D eigenvalue weighted by Gasteiger charge is -2.26. The Bertz CT molecular complexity index is 435. The minimum absolute atomic E-state index is 0.367. The maximum atomic E-state index is 6.48. The van der Waals surface area contributed by atoms with Gasteiger partial charge >= 0.3 is 0 Å². The third-order valence-corrected chi connectivity index (χ3v) is 5.94. The highest BCUT2D eigenvalue weighted by Crippen LogP contribution is 2.39. The number of hydrogen-bond acceptors (Lipinski definition) is 2. The zero-order chi connectivity index (χ0) is 14.5. The maximum absolute atomic E-state index is 6.48. The lowest BCUT2D eigenvalue weighted by atomic mass is 9.91. The molecule has 1 nitrogen and oxygen atoms in total. The van der Waals surface area contributed by atoms with Gasteiger partial charge in [-0.05, 0) is 49.9 Å². The predicted octanol–water partition coefficient (Wildman–Crippen LogP) is 5.68. The Balaban J connectivity index is 2.02. The molecule has 1 aliphatic carbocycles. The third-order valence-electron chi connectivity index (χ3n) is 4.15. The molecular formula is C17H26ClNS. The molecule has 3 heteroatoms. The van der Waals surface area contributed by atoms with Crippen LogP contribution in [-0.4, -0.2) is 11.8 Å². The highest BCUT2D eigenvalue weighted by atomic mass is 35.5. The van der Waals surface area contributed by atoms with Crippen LogP contribution in [0.5, 0.6) is 0 Å². The van der Waals surface area contributed by atoms with Gasteiger partial charge in [0.25, 0.3) is 0 Å². The second-order valence-electron chi connectivity index (χ2n) is 5.98. The summed E-state index contributed by atoms with van der Waals surface area (Å²) in [7, 11) is 0. The van der Waals surface area contributed by atoms with Crippen LogP contribution in [-0.2, 0) is 0 Å². The average molecular weight is 312 g/mol. The normalized spacial score (nSPS) is 24.6. The maximum Gasteiger partial charge on any atom is 0.0545 e. The van der Waals surface area contributed by atoms with E-state index in [2.05, 4.69) is 44.3 Å². The van der Waals surface area contributed by atoms with Crippen LogP contribution in [0.2, 0.25) is 5.02 Å². The molecule has 1 aromatic carbocycles. The van der Waals surface area contributed by atoms with Crippen LogP contribution in [0, 0.1) is 5.92 Å². The molecule has 1 fully saturated rings. The number of halogens is 1. The molecule has 1 aromatic rings. The Morgan fingerprint density at radius 3 is 2.85 bits per heavy atom. The largest absolute Gasteiger partial charge is 0.310 e. The Morgan fingerprint density at radius 2 is 2.20 bits per heavy atom. The summed E-state index contributed by atoms with van der Waals surface area (Å²) in [6.07, 6.45) is 5.42. The van der Waals surface area contributed by atoms with E-state index < -0.39 is 0 Å². The molecule has 0 bridgehead atoms. The van der Waals surface area contributed by atoms with Gasteiger partial charge in [-0.25, -0.2) is 0 Å². The Morgan fingerprint density at radius 1 is 1.40 bits per heavy atom. The first-order valence-corrected chi connectivity index (χ1v) is 9.05. The molecule has 3 unspecified atom stereocenters. The van der Waals surface area contributed by atoms with E-state index in [9.17, 15) is 0 Å². The van der Waals surface area contributed by atoms with Crippen molar-refractivity contribution < 1.29 is 0 Å². The van der Waals surface area contributed by atoms with Crippen LogP contribution in [0.1, 0.15) is 58.1 Å². The van der Waals surface area contributed by atoms with E-state index in [0.29, 0.717) is 6.04 Å². The van der Waals surface area contributed by atoms with E-state index in [1.54, 1.807) is 0 Å². The van der Waals surface area contributed by atoms with Gasteiger partial charge in [0.15, 0.2) is 0 Å². The van der Waals surface area contributed by atoms with Gasteiger partial charge in [0, 0.05) is 16.2 Å². The predicted molar refractivity (Wildman–Crippen MR) is 90.8 cm³/mol. The molecule has 20 heavy (non-hydrogen) atoms. The standard InChI is InChI=1S/C17H26ClNS/c1-4-19-13(3)14-8-9-17(16(18)11-14)20-15-7-5-6-12(2)10-15/h8-9,11-13,15,19H,4-7,10H2,1-3H3. The van der Waals surface area contributed by atoms with Crippen molar-refractivity contribution in [3.8, 4) is 0 Å². The van der Waals surface area contributed by atoms with Crippen molar-refractivity contribution in [1.29, 1.82) is 0 Å². The Hall–Kier alpha value is -0.180. The molecule has 0 aromatic heterocycles. The number of rotatable bonds is 5. The van der Waals surface area contributed by atoms with E-state index in [1.807, 2.05) is 11.8 Å². The Kier molecular flexibility index (Phi) is 6.25. The van der Waals surface area contributed by atoms with Crippen molar-refractivity contribution in [1.82, 2.24) is 5.32 Å². The molecule has 0 heterocycles. The fourth-order valence-electron chi connectivity index (χ4n) is 2.97. The summed E-state index contributed by atoms with van der Waals surface area (Å²) in [6.45, 7) is 7.67. The molecule has 1 aliphatic rings. The lowest BCUT2D eigenvalue weighted by molar-refractivity contribution is 0.394. The smallest absolute Gasteiger partial charge is 0.0545 e. The fourth-order valence-corrected chi connectivity index (χ4v) is 4.68. The lowest BCUT2D eigenvalue weighted by Crippen LogP contribution is -2.17. The van der Waals surface area contributed by atoms with Crippen molar-refractivity contribution >= 4 is 23.4 Å². The highest BCUT2D eigenvalue weighted by Gasteiger charge is 2.20. The van der Waals surface area contributed by atoms with E-state index in [-0.39, 0.29) is 0 Å². The monoisotopic (exact) mass is 311 g/mol. The number of thioether (sulfide) groups is 1. The summed E-state index contributed by atoms with van der Waals surface area (Å²) in [5.74, 6) is 0.869. The second kappa shape index (κ2) is 7.72. The SMILES string of the molecule is CCNC(C)c1ccc(SC2CCCC(C)C2)c(Cl)c1. The van der Waals surface area contributed by atoms with Crippen LogP contribution < -0.4 is 5.32 Å². The number of benzene rings is 1. The van der Waals surface area contributed by atoms with E-state index in [1.165, 1.54) is 36.1 Å². The van der Waals surface area contributed by atoms with Gasteiger partial charge in [-0.15, -0.1) is 11.8 Å². The average Bonchev–Trinajstić information content (AvgIpc) is 2.41. The van der Waals surface area contributed by atoms with Crippen LogP contribution in [0.15, 0.2) is 23.1 Å². The topological polar surface area (TPSA) is 12.0 Å². The van der Waals surface area contributed by atoms with Gasteiger partial charge < -0.3 is 5.32 Å². The van der Waals surface area contributed by atoms with Crippen LogP contribution in [0.25, 0.3) is 0 Å². The minimum Gasteiger partial charge on any atom is -0.310 e. The quantitative estimate of drug-likeness (QED) is 0.750. The molecule has 0 spiro atoms. The zero-order valence-corrected chi connectivity index (χ0v) is 14.4. The van der Waals surface area contributed by atoms with Gasteiger partial charge in [0.1, 0.15) is 0 Å². The second-order valence-corrected chi connectivity index (χ2v) is 7.73. The fraction of sp³-hybridized carbons (Fsp3) is 0.647. The zero-order valence-electron chi connectivity index (χ0n) is 12.8. The molecule has 0 amide bonds. The molecule has 1 saturated carbocycles. The van der Waals surface area contributed by atoms with Crippen molar-refractivity contribution in [2.24, 2.45) is 5.92 Å². The summed E-state index contributed by atoms with van der Waals surface area (Å²) in [6, 6.07) is 6.92. The van der Waals surface area contributed by atoms with E-state index >= 15 is 0 Å². The molecule has 1 N–H and O–H groups in total. The van der Waals surface area contributed by atoms with Gasteiger partial charge in [-0.2, -0.15) is 0 Å². The van der Waals surface area contributed by atoms with Crippen molar-refractivity contribution in [3.05, 3.63) is 28.8 Å². The molecule has 3 atom stereocenters. The first-order valence-electron chi connectivity index (χ1n) is 7.79. The summed E-state index contributed by atoms with van der Waals surface area (Å²) >= 11 is 8.46. The van der Waals surface area contributed by atoms with Crippen LogP contribution >= 0.6 is 23.4 Å². The van der Waals surface area contributed by atoms with Gasteiger partial charge in [-0.3, -0.25) is 0 Å². The van der Waals surface area contributed by atoms with Crippen molar-refractivity contribution in [2.45, 2.75) is 62.6 Å². The molecule has 112 valence electrons. The number of nitrogens with one attached hydrogen (secondary N) is 1. The summed E-state index contributed by atoms with van der Waals surface area (Å²) in [5.41, 5.74) is 1.28. The minimum atomic E-state index is 0.367. The molecule has 2 rings (SSSR count). The molecular weight excluding hydrogens is 286 g/mol. The van der Waals surface area contributed by atoms with Crippen LogP contribution in [0.3, 0.4) is 0 Å². The van der Waals surface area contributed by atoms with Crippen molar-refractivity contribution in [3.63, 3.8) is 0 Å². The summed E-state index contributed by atoms with van der Waals surface area (Å²) < 4.78 is 0. The molecule has 0 saturated heterocycles. The van der Waals surface area contributed by atoms with Crippen molar-refractivity contribution in [2.75, 3.05) is 6.54 Å². The van der Waals surface area contributed by atoms with E-state index in [0.717, 1.165) is 22.7 Å². The highest BCUT2D eigenvalue weighted by molar-refractivity contribution is 8.00. The van der Waals surface area contributed by atoms with Gasteiger partial charge in [-0.1, -0.05) is 44.4 Å². The number of hydrogen-bond donors (Lipinski definition) is 1. The van der Waals surface area contributed by atoms with E-state index in [4.69, 9.17) is 11.6 Å². The summed E-state index contributed by atoms with van der Waals surface area (Å²) in [4.78, 5) is 1.25. The first kappa shape index (κ1) is 16.2. The Labute approximate surface area is 132 Å². The van der Waals surface area contributed by atoms with Crippen LogP contribution in [0.4, 0.5) is 0 Å². The first-order chi connectivity index (χ1) is 9.60. The van der Waals surface area contributed by atoms with Gasteiger partial charge in [0.05, 0.1) is 5.02 Å². The molecule has 0 radical (unpaired) electrons. The summed E-state index contributed by atoms with van der Waals surface area (Å²) in [5, 5.41) is 5.09. The third kappa shape index (κ3) is 4.41. The van der Waals surface area contributed by atoms with Gasteiger partial charge in [0.2, 0.25) is 0 Å².